The van der Waals surface area contributed by atoms with Gasteiger partial charge in [0, 0.05) is 61.8 Å². The molecule has 0 saturated carbocycles. The summed E-state index contributed by atoms with van der Waals surface area (Å²) in [4.78, 5) is 29.0. The van der Waals surface area contributed by atoms with Gasteiger partial charge < -0.3 is 30.2 Å². The van der Waals surface area contributed by atoms with Crippen molar-refractivity contribution in [2.75, 3.05) is 103 Å². The second kappa shape index (κ2) is 14.9. The van der Waals surface area contributed by atoms with Crippen LogP contribution < -0.4 is 21.3 Å². The Morgan fingerprint density at radius 2 is 0.738 bits per heavy atom. The van der Waals surface area contributed by atoms with Crippen LogP contribution in [0.1, 0.15) is 84.2 Å². The minimum absolute atomic E-state index is 0.0955. The van der Waals surface area contributed by atoms with Gasteiger partial charge in [0.2, 0.25) is 0 Å². The highest BCUT2D eigenvalue weighted by atomic mass is 16.1. The zero-order valence-corrected chi connectivity index (χ0v) is 27.5. The van der Waals surface area contributed by atoms with E-state index in [1.807, 2.05) is 24.3 Å². The zero-order chi connectivity index (χ0) is 30.9. The fraction of sp³-hybridized carbons (Fsp3) is 0.588. The number of anilines is 4. The molecular formula is C34H56N6O2+2. The van der Waals surface area contributed by atoms with Crippen LogP contribution in [0.15, 0.2) is 24.3 Å². The molecule has 8 nitrogen and oxygen atoms in total. The van der Waals surface area contributed by atoms with Crippen molar-refractivity contribution in [1.29, 1.82) is 0 Å². The lowest BCUT2D eigenvalue weighted by molar-refractivity contribution is -0.870. The summed E-state index contributed by atoms with van der Waals surface area (Å²) in [5.74, 6) is -0.191. The number of carbonyl (C=O) groups excluding carboxylic acids is 2. The number of fused-ring (bicyclic) bond motifs is 2. The van der Waals surface area contributed by atoms with Crippen molar-refractivity contribution in [1.82, 2.24) is 0 Å². The van der Waals surface area contributed by atoms with E-state index in [9.17, 15) is 9.59 Å². The van der Waals surface area contributed by atoms with E-state index in [1.165, 1.54) is 0 Å². The number of nitrogens with one attached hydrogen (secondary N) is 4. The summed E-state index contributed by atoms with van der Waals surface area (Å²) in [6.07, 6.45) is 5.99. The first-order valence-electron chi connectivity index (χ1n) is 15.9. The van der Waals surface area contributed by atoms with Crippen LogP contribution in [0.2, 0.25) is 0 Å². The van der Waals surface area contributed by atoms with Gasteiger partial charge in [-0.2, -0.15) is 0 Å². The van der Waals surface area contributed by atoms with Gasteiger partial charge in [-0.1, -0.05) is 26.7 Å². The third-order valence-electron chi connectivity index (χ3n) is 7.65. The highest BCUT2D eigenvalue weighted by Crippen LogP contribution is 2.42. The first kappa shape index (κ1) is 33.4. The monoisotopic (exact) mass is 580 g/mol. The fourth-order valence-corrected chi connectivity index (χ4v) is 5.34. The van der Waals surface area contributed by atoms with Gasteiger partial charge in [-0.15, -0.1) is 0 Å². The molecule has 0 saturated heterocycles. The molecule has 2 aromatic carbocycles. The molecule has 0 aliphatic heterocycles. The van der Waals surface area contributed by atoms with E-state index in [1.54, 1.807) is 0 Å². The summed E-state index contributed by atoms with van der Waals surface area (Å²) in [5.41, 5.74) is 4.88. The van der Waals surface area contributed by atoms with Crippen LogP contribution in [-0.4, -0.2) is 102 Å². The van der Waals surface area contributed by atoms with Crippen molar-refractivity contribution < 1.29 is 18.6 Å². The van der Waals surface area contributed by atoms with Crippen LogP contribution >= 0.6 is 0 Å². The molecule has 0 unspecified atom stereocenters. The van der Waals surface area contributed by atoms with Crippen LogP contribution in [0, 0.1) is 0 Å². The van der Waals surface area contributed by atoms with Gasteiger partial charge in [-0.05, 0) is 37.1 Å². The summed E-state index contributed by atoms with van der Waals surface area (Å²) in [6.45, 7) is 9.28. The number of nitrogens with zero attached hydrogens (tertiary/aromatic N) is 2. The molecule has 232 valence electrons. The topological polar surface area (TPSA) is 82.3 Å². The molecule has 1 aliphatic carbocycles. The number of rotatable bonds is 18. The predicted molar refractivity (Wildman–Crippen MR) is 179 cm³/mol. The van der Waals surface area contributed by atoms with Crippen molar-refractivity contribution in [3.8, 4) is 0 Å². The Morgan fingerprint density at radius 1 is 0.476 bits per heavy atom. The van der Waals surface area contributed by atoms with E-state index in [0.29, 0.717) is 22.3 Å². The number of hydrogen-bond donors (Lipinski definition) is 4. The van der Waals surface area contributed by atoms with Gasteiger partial charge in [0.05, 0.1) is 77.6 Å². The summed E-state index contributed by atoms with van der Waals surface area (Å²) in [7, 11) is 13.1. The first-order valence-corrected chi connectivity index (χ1v) is 15.9. The van der Waals surface area contributed by atoms with E-state index in [-0.39, 0.29) is 11.6 Å². The van der Waals surface area contributed by atoms with Crippen molar-refractivity contribution in [3.05, 3.63) is 46.5 Å². The second-order valence-corrected chi connectivity index (χ2v) is 13.6. The van der Waals surface area contributed by atoms with Crippen molar-refractivity contribution in [2.45, 2.75) is 52.4 Å². The van der Waals surface area contributed by atoms with Crippen LogP contribution in [-0.2, 0) is 0 Å². The van der Waals surface area contributed by atoms with Crippen molar-refractivity contribution in [3.63, 3.8) is 0 Å². The lowest BCUT2D eigenvalue weighted by atomic mass is 9.80. The SMILES string of the molecule is CCCCNc1ccc(NCCCC)c2c1C(=O)c1c(NCCC[N+](C)(C)C)ccc(NCCC[N+](C)(C)C)c1C2=O. The van der Waals surface area contributed by atoms with Crippen LogP contribution in [0.4, 0.5) is 22.7 Å². The predicted octanol–water partition coefficient (Wildman–Crippen LogP) is 5.90. The van der Waals surface area contributed by atoms with E-state index in [4.69, 9.17) is 0 Å². The number of benzene rings is 2. The standard InChI is InChI=1S/C34H54N6O2/c1-9-11-19-35-25-15-16-26(36-20-12-10-2)30-29(25)33(41)31-27(37-21-13-23-39(3,4)5)17-18-28(32(31)34(30)42)38-22-14-24-40(6,7)8/h15-18H,9-14,19-24H2,1-8H3,(H2-2,35,36,37,38,41,42)/p+2. The average molecular weight is 581 g/mol. The first-order chi connectivity index (χ1) is 19.9. The molecule has 0 bridgehead atoms. The smallest absolute Gasteiger partial charge is 0.198 e. The summed E-state index contributed by atoms with van der Waals surface area (Å²) in [5, 5.41) is 14.0. The van der Waals surface area contributed by atoms with Crippen LogP contribution in [0.25, 0.3) is 0 Å². The zero-order valence-electron chi connectivity index (χ0n) is 27.5. The summed E-state index contributed by atoms with van der Waals surface area (Å²) >= 11 is 0. The Hall–Kier alpha value is -3.10. The quantitative estimate of drug-likeness (QED) is 0.111. The molecule has 42 heavy (non-hydrogen) atoms. The molecule has 0 amide bonds. The molecule has 0 spiro atoms. The highest BCUT2D eigenvalue weighted by molar-refractivity contribution is 6.35. The maximum Gasteiger partial charge on any atom is 0.198 e. The third kappa shape index (κ3) is 8.95. The molecular weight excluding hydrogens is 524 g/mol. The number of unbranched alkanes of at least 4 members (excludes halogenated alkanes) is 2. The van der Waals surface area contributed by atoms with Gasteiger partial charge in [0.1, 0.15) is 0 Å². The molecule has 0 fully saturated rings. The Labute approximate surface area is 254 Å². The molecule has 4 N–H and O–H groups in total. The molecule has 0 radical (unpaired) electrons. The lowest BCUT2D eigenvalue weighted by Gasteiger charge is -2.28. The van der Waals surface area contributed by atoms with Gasteiger partial charge in [-0.3, -0.25) is 9.59 Å². The molecule has 0 aromatic heterocycles. The molecule has 0 heterocycles. The molecule has 1 aliphatic rings. The maximum atomic E-state index is 14.5. The van der Waals surface area contributed by atoms with Gasteiger partial charge in [0.25, 0.3) is 0 Å². The van der Waals surface area contributed by atoms with Gasteiger partial charge in [0.15, 0.2) is 11.6 Å². The summed E-state index contributed by atoms with van der Waals surface area (Å²) in [6, 6.07) is 7.85. The van der Waals surface area contributed by atoms with Gasteiger partial charge in [-0.25, -0.2) is 0 Å². The average Bonchev–Trinajstić information content (AvgIpc) is 2.91. The van der Waals surface area contributed by atoms with Crippen molar-refractivity contribution in [2.24, 2.45) is 0 Å². The largest absolute Gasteiger partial charge is 0.384 e. The molecule has 2 aromatic rings. The third-order valence-corrected chi connectivity index (χ3v) is 7.65. The fourth-order valence-electron chi connectivity index (χ4n) is 5.34. The van der Waals surface area contributed by atoms with E-state index < -0.39 is 0 Å². The number of quaternary nitrogens is 2. The lowest BCUT2D eigenvalue weighted by Crippen LogP contribution is -2.36. The van der Waals surface area contributed by atoms with E-state index in [0.717, 1.165) is 110 Å². The highest BCUT2D eigenvalue weighted by Gasteiger charge is 2.37. The van der Waals surface area contributed by atoms with Gasteiger partial charge >= 0.3 is 0 Å². The summed E-state index contributed by atoms with van der Waals surface area (Å²) < 4.78 is 1.75. The Bertz CT molecular complexity index is 1130. The van der Waals surface area contributed by atoms with Crippen molar-refractivity contribution >= 4 is 34.3 Å². The second-order valence-electron chi connectivity index (χ2n) is 13.6. The normalized spacial score (nSPS) is 13.0. The maximum absolute atomic E-state index is 14.5. The molecule has 0 atom stereocenters. The molecule has 3 rings (SSSR count). The Morgan fingerprint density at radius 3 is 0.976 bits per heavy atom. The number of carbonyl (C=O) groups is 2. The van der Waals surface area contributed by atoms with Crippen LogP contribution in [0.5, 0.6) is 0 Å². The van der Waals surface area contributed by atoms with E-state index >= 15 is 0 Å². The Kier molecular flexibility index (Phi) is 11.8. The minimum Gasteiger partial charge on any atom is -0.384 e. The number of hydrogen-bond acceptors (Lipinski definition) is 6. The van der Waals surface area contributed by atoms with Crippen LogP contribution in [0.3, 0.4) is 0 Å². The Balaban J connectivity index is 2.07. The minimum atomic E-state index is -0.0955. The molecule has 8 heteroatoms. The number of ketones is 2. The van der Waals surface area contributed by atoms with E-state index in [2.05, 4.69) is 77.4 Å².